The first-order valence-electron chi connectivity index (χ1n) is 5.51. The third-order valence-corrected chi connectivity index (χ3v) is 2.49. The van der Waals surface area contributed by atoms with Gasteiger partial charge in [-0.25, -0.2) is 0 Å². The average molecular weight is 238 g/mol. The zero-order chi connectivity index (χ0) is 13.1. The lowest BCUT2D eigenvalue weighted by atomic mass is 10.1. The van der Waals surface area contributed by atoms with Crippen molar-refractivity contribution in [2.45, 2.75) is 33.5 Å². The molecular formula is C13H18O4. The van der Waals surface area contributed by atoms with Crippen LogP contribution in [0.25, 0.3) is 0 Å². The molecule has 0 saturated carbocycles. The van der Waals surface area contributed by atoms with Crippen LogP contribution in [0.2, 0.25) is 0 Å². The molecule has 0 heterocycles. The van der Waals surface area contributed by atoms with Crippen LogP contribution in [0.5, 0.6) is 11.5 Å². The van der Waals surface area contributed by atoms with Crippen molar-refractivity contribution in [3.05, 3.63) is 24.3 Å². The highest BCUT2D eigenvalue weighted by Gasteiger charge is 2.28. The normalized spacial score (nSPS) is 14.2. The first kappa shape index (κ1) is 13.5. The minimum absolute atomic E-state index is 0.0899. The van der Waals surface area contributed by atoms with Crippen molar-refractivity contribution in [1.82, 2.24) is 0 Å². The molecule has 94 valence electrons. The largest absolute Gasteiger partial charge is 0.459 e. The van der Waals surface area contributed by atoms with E-state index < -0.39 is 11.8 Å². The minimum Gasteiger partial charge on any atom is -0.459 e. The highest BCUT2D eigenvalue weighted by Crippen LogP contribution is 2.31. The number of esters is 1. The summed E-state index contributed by atoms with van der Waals surface area (Å²) in [6.07, 6.45) is 0. The van der Waals surface area contributed by atoms with Crippen molar-refractivity contribution in [2.75, 3.05) is 0 Å². The van der Waals surface area contributed by atoms with E-state index in [4.69, 9.17) is 9.47 Å². The summed E-state index contributed by atoms with van der Waals surface area (Å²) in [4.78, 5) is 10.9. The summed E-state index contributed by atoms with van der Waals surface area (Å²) in [5.74, 6) is -1.17. The summed E-state index contributed by atoms with van der Waals surface area (Å²) >= 11 is 0. The van der Waals surface area contributed by atoms with Gasteiger partial charge in [0, 0.05) is 19.8 Å². The Morgan fingerprint density at radius 1 is 1.29 bits per heavy atom. The molecule has 0 spiro atoms. The van der Waals surface area contributed by atoms with Crippen LogP contribution in [-0.2, 0) is 4.79 Å². The Morgan fingerprint density at radius 2 is 1.82 bits per heavy atom. The summed E-state index contributed by atoms with van der Waals surface area (Å²) in [6.45, 7) is 6.57. The first-order chi connectivity index (χ1) is 7.83. The van der Waals surface area contributed by atoms with E-state index in [9.17, 15) is 9.90 Å². The SMILES string of the molecule is CC(=O)Oc1ccccc1OC(C)(O)C(C)C. The molecule has 1 aromatic rings. The van der Waals surface area contributed by atoms with Crippen LogP contribution in [0.3, 0.4) is 0 Å². The fourth-order valence-corrected chi connectivity index (χ4v) is 1.11. The molecular weight excluding hydrogens is 220 g/mol. The fraction of sp³-hybridized carbons (Fsp3) is 0.462. The lowest BCUT2D eigenvalue weighted by molar-refractivity contribution is -0.156. The maximum absolute atomic E-state index is 10.9. The van der Waals surface area contributed by atoms with Crippen LogP contribution in [0.1, 0.15) is 27.7 Å². The molecule has 0 aliphatic carbocycles. The monoisotopic (exact) mass is 238 g/mol. The summed E-state index contributed by atoms with van der Waals surface area (Å²) in [6, 6.07) is 6.75. The van der Waals surface area contributed by atoms with Crippen LogP contribution in [0.15, 0.2) is 24.3 Å². The van der Waals surface area contributed by atoms with Gasteiger partial charge in [-0.05, 0) is 12.1 Å². The molecule has 1 N–H and O–H groups in total. The number of benzene rings is 1. The van der Waals surface area contributed by atoms with Crippen molar-refractivity contribution >= 4 is 5.97 Å². The molecule has 0 aliphatic rings. The van der Waals surface area contributed by atoms with Gasteiger partial charge in [0.05, 0.1) is 0 Å². The maximum Gasteiger partial charge on any atom is 0.308 e. The third-order valence-electron chi connectivity index (χ3n) is 2.49. The molecule has 0 bridgehead atoms. The number of rotatable bonds is 4. The van der Waals surface area contributed by atoms with Crippen LogP contribution < -0.4 is 9.47 Å². The predicted molar refractivity (Wildman–Crippen MR) is 63.8 cm³/mol. The Hall–Kier alpha value is -1.55. The van der Waals surface area contributed by atoms with Gasteiger partial charge in [-0.2, -0.15) is 0 Å². The summed E-state index contributed by atoms with van der Waals surface area (Å²) < 4.78 is 10.5. The minimum atomic E-state index is -1.31. The van der Waals surface area contributed by atoms with E-state index in [0.29, 0.717) is 11.5 Å². The van der Waals surface area contributed by atoms with E-state index in [0.717, 1.165) is 0 Å². The molecule has 0 saturated heterocycles. The van der Waals surface area contributed by atoms with Crippen LogP contribution in [0, 0.1) is 5.92 Å². The first-order valence-corrected chi connectivity index (χ1v) is 5.51. The van der Waals surface area contributed by atoms with E-state index in [-0.39, 0.29) is 5.92 Å². The Labute approximate surface area is 101 Å². The molecule has 0 aromatic heterocycles. The number of hydrogen-bond acceptors (Lipinski definition) is 4. The van der Waals surface area contributed by atoms with E-state index in [1.54, 1.807) is 31.2 Å². The Balaban J connectivity index is 2.94. The number of carbonyl (C=O) groups is 1. The number of ether oxygens (including phenoxy) is 2. The smallest absolute Gasteiger partial charge is 0.308 e. The van der Waals surface area contributed by atoms with Crippen LogP contribution in [0.4, 0.5) is 0 Å². The molecule has 0 aliphatic heterocycles. The van der Waals surface area contributed by atoms with Gasteiger partial charge in [0.1, 0.15) is 0 Å². The van der Waals surface area contributed by atoms with Gasteiger partial charge in [-0.15, -0.1) is 0 Å². The zero-order valence-electron chi connectivity index (χ0n) is 10.6. The quantitative estimate of drug-likeness (QED) is 0.497. The number of hydrogen-bond donors (Lipinski definition) is 1. The fourth-order valence-electron chi connectivity index (χ4n) is 1.11. The highest BCUT2D eigenvalue weighted by molar-refractivity contribution is 5.70. The van der Waals surface area contributed by atoms with Crippen molar-refractivity contribution in [1.29, 1.82) is 0 Å². The molecule has 0 amide bonds. The Bertz CT molecular complexity index is 396. The molecule has 17 heavy (non-hydrogen) atoms. The van der Waals surface area contributed by atoms with E-state index in [1.807, 2.05) is 13.8 Å². The second kappa shape index (κ2) is 5.19. The van der Waals surface area contributed by atoms with Crippen LogP contribution >= 0.6 is 0 Å². The summed E-state index contributed by atoms with van der Waals surface area (Å²) in [7, 11) is 0. The number of para-hydroxylation sites is 2. The zero-order valence-corrected chi connectivity index (χ0v) is 10.6. The third kappa shape index (κ3) is 3.75. The molecule has 0 radical (unpaired) electrons. The number of carbonyl (C=O) groups excluding carboxylic acids is 1. The lowest BCUT2D eigenvalue weighted by Crippen LogP contribution is -2.37. The standard InChI is InChI=1S/C13H18O4/c1-9(2)13(4,15)17-12-8-6-5-7-11(12)16-10(3)14/h5-9,15H,1-4H3. The Morgan fingerprint density at radius 3 is 2.29 bits per heavy atom. The number of aliphatic hydroxyl groups is 1. The Kier molecular flexibility index (Phi) is 4.12. The van der Waals surface area contributed by atoms with Crippen molar-refractivity contribution in [3.8, 4) is 11.5 Å². The van der Waals surface area contributed by atoms with Gasteiger partial charge in [0.15, 0.2) is 11.5 Å². The highest BCUT2D eigenvalue weighted by atomic mass is 16.6. The van der Waals surface area contributed by atoms with E-state index in [2.05, 4.69) is 0 Å². The predicted octanol–water partition coefficient (Wildman–Crippen LogP) is 2.36. The van der Waals surface area contributed by atoms with Gasteiger partial charge in [0.2, 0.25) is 5.79 Å². The molecule has 1 atom stereocenters. The molecule has 1 aromatic carbocycles. The molecule has 0 fully saturated rings. The second-order valence-electron chi connectivity index (χ2n) is 4.35. The molecule has 1 unspecified atom stereocenters. The van der Waals surface area contributed by atoms with Gasteiger partial charge in [-0.3, -0.25) is 4.79 Å². The van der Waals surface area contributed by atoms with Gasteiger partial charge in [-0.1, -0.05) is 26.0 Å². The van der Waals surface area contributed by atoms with Crippen molar-refractivity contribution in [2.24, 2.45) is 5.92 Å². The molecule has 4 heteroatoms. The van der Waals surface area contributed by atoms with Gasteiger partial charge < -0.3 is 14.6 Å². The van der Waals surface area contributed by atoms with E-state index in [1.165, 1.54) is 6.92 Å². The van der Waals surface area contributed by atoms with Gasteiger partial charge >= 0.3 is 5.97 Å². The average Bonchev–Trinajstić information content (AvgIpc) is 2.19. The van der Waals surface area contributed by atoms with Crippen molar-refractivity contribution in [3.63, 3.8) is 0 Å². The lowest BCUT2D eigenvalue weighted by Gasteiger charge is -2.29. The topological polar surface area (TPSA) is 55.8 Å². The van der Waals surface area contributed by atoms with Crippen molar-refractivity contribution < 1.29 is 19.4 Å². The van der Waals surface area contributed by atoms with Gasteiger partial charge in [0.25, 0.3) is 0 Å². The maximum atomic E-state index is 10.9. The second-order valence-corrected chi connectivity index (χ2v) is 4.35. The summed E-state index contributed by atoms with van der Waals surface area (Å²) in [5.41, 5.74) is 0. The van der Waals surface area contributed by atoms with E-state index >= 15 is 0 Å². The van der Waals surface area contributed by atoms with Crippen LogP contribution in [-0.4, -0.2) is 16.9 Å². The molecule has 4 nitrogen and oxygen atoms in total. The summed E-state index contributed by atoms with van der Waals surface area (Å²) in [5, 5.41) is 10.0. The molecule has 1 rings (SSSR count).